The van der Waals surface area contributed by atoms with Crippen molar-refractivity contribution < 1.29 is 13.9 Å². The van der Waals surface area contributed by atoms with Crippen LogP contribution in [0.1, 0.15) is 23.0 Å². The molecule has 0 saturated heterocycles. The van der Waals surface area contributed by atoms with Gasteiger partial charge in [0.25, 0.3) is 0 Å². The summed E-state index contributed by atoms with van der Waals surface area (Å²) in [4.78, 5) is 11.3. The molecule has 0 atom stereocenters. The van der Waals surface area contributed by atoms with Gasteiger partial charge >= 0.3 is 0 Å². The summed E-state index contributed by atoms with van der Waals surface area (Å²) in [6.07, 6.45) is 0. The Morgan fingerprint density at radius 1 is 1.40 bits per heavy atom. The SMILES string of the molecule is COc1ccc2oc(C(C)=O)c(C)c2c1. The van der Waals surface area contributed by atoms with Gasteiger partial charge in [0.1, 0.15) is 11.3 Å². The summed E-state index contributed by atoms with van der Waals surface area (Å²) >= 11 is 0. The van der Waals surface area contributed by atoms with E-state index < -0.39 is 0 Å². The van der Waals surface area contributed by atoms with Crippen LogP contribution in [0.2, 0.25) is 0 Å². The normalized spacial score (nSPS) is 10.6. The number of furan rings is 1. The quantitative estimate of drug-likeness (QED) is 0.706. The minimum Gasteiger partial charge on any atom is -0.497 e. The van der Waals surface area contributed by atoms with Crippen molar-refractivity contribution in [2.45, 2.75) is 13.8 Å². The lowest BCUT2D eigenvalue weighted by Crippen LogP contribution is -1.90. The predicted molar refractivity (Wildman–Crippen MR) is 57.5 cm³/mol. The molecule has 1 aromatic carbocycles. The van der Waals surface area contributed by atoms with Crippen LogP contribution in [0.3, 0.4) is 0 Å². The second-order valence-electron chi connectivity index (χ2n) is 3.47. The minimum atomic E-state index is -0.0531. The van der Waals surface area contributed by atoms with Gasteiger partial charge in [-0.05, 0) is 25.1 Å². The maximum atomic E-state index is 11.3. The van der Waals surface area contributed by atoms with E-state index in [9.17, 15) is 4.79 Å². The Bertz CT molecular complexity index is 523. The fraction of sp³-hybridized carbons (Fsp3) is 0.250. The van der Waals surface area contributed by atoms with Crippen molar-refractivity contribution in [3.05, 3.63) is 29.5 Å². The van der Waals surface area contributed by atoms with Crippen LogP contribution < -0.4 is 4.74 Å². The average molecular weight is 204 g/mol. The Kier molecular flexibility index (Phi) is 2.23. The number of rotatable bonds is 2. The maximum absolute atomic E-state index is 11.3. The number of ether oxygens (including phenoxy) is 1. The van der Waals surface area contributed by atoms with E-state index in [1.807, 2.05) is 25.1 Å². The molecule has 0 saturated carbocycles. The third-order valence-electron chi connectivity index (χ3n) is 2.46. The average Bonchev–Trinajstić information content (AvgIpc) is 2.56. The van der Waals surface area contributed by atoms with Gasteiger partial charge in [0, 0.05) is 17.9 Å². The van der Waals surface area contributed by atoms with Crippen molar-refractivity contribution >= 4 is 16.8 Å². The van der Waals surface area contributed by atoms with Crippen molar-refractivity contribution in [2.24, 2.45) is 0 Å². The van der Waals surface area contributed by atoms with Crippen molar-refractivity contribution in [3.63, 3.8) is 0 Å². The van der Waals surface area contributed by atoms with Gasteiger partial charge in [-0.2, -0.15) is 0 Å². The number of Topliss-reactive ketones (excluding diaryl/α,β-unsaturated/α-hetero) is 1. The molecule has 0 N–H and O–H groups in total. The number of ketones is 1. The predicted octanol–water partition coefficient (Wildman–Crippen LogP) is 2.95. The first-order valence-corrected chi connectivity index (χ1v) is 4.71. The largest absolute Gasteiger partial charge is 0.497 e. The molecule has 2 rings (SSSR count). The summed E-state index contributed by atoms with van der Waals surface area (Å²) in [7, 11) is 1.61. The van der Waals surface area contributed by atoms with Crippen LogP contribution in [0, 0.1) is 6.92 Å². The molecule has 0 aliphatic carbocycles. The highest BCUT2D eigenvalue weighted by Crippen LogP contribution is 2.28. The number of fused-ring (bicyclic) bond motifs is 1. The van der Waals surface area contributed by atoms with Crippen molar-refractivity contribution in [1.82, 2.24) is 0 Å². The van der Waals surface area contributed by atoms with Crippen LogP contribution in [0.5, 0.6) is 5.75 Å². The van der Waals surface area contributed by atoms with E-state index in [0.29, 0.717) is 5.76 Å². The molecule has 2 aromatic rings. The summed E-state index contributed by atoms with van der Waals surface area (Å²) in [5.74, 6) is 1.14. The lowest BCUT2D eigenvalue weighted by Gasteiger charge is -1.97. The Morgan fingerprint density at radius 2 is 2.13 bits per heavy atom. The van der Waals surface area contributed by atoms with Crippen LogP contribution >= 0.6 is 0 Å². The van der Waals surface area contributed by atoms with Gasteiger partial charge in [-0.1, -0.05) is 0 Å². The van der Waals surface area contributed by atoms with Gasteiger partial charge in [-0.25, -0.2) is 0 Å². The zero-order chi connectivity index (χ0) is 11.0. The van der Waals surface area contributed by atoms with E-state index in [1.165, 1.54) is 6.92 Å². The molecule has 0 aliphatic heterocycles. The monoisotopic (exact) mass is 204 g/mol. The molecule has 15 heavy (non-hydrogen) atoms. The van der Waals surface area contributed by atoms with Gasteiger partial charge < -0.3 is 9.15 Å². The first-order valence-electron chi connectivity index (χ1n) is 4.71. The number of benzene rings is 1. The van der Waals surface area contributed by atoms with Gasteiger partial charge in [0.05, 0.1) is 7.11 Å². The van der Waals surface area contributed by atoms with Crippen molar-refractivity contribution in [1.29, 1.82) is 0 Å². The molecule has 3 heteroatoms. The Balaban J connectivity index is 2.72. The van der Waals surface area contributed by atoms with E-state index in [0.717, 1.165) is 22.3 Å². The van der Waals surface area contributed by atoms with Crippen LogP contribution in [-0.4, -0.2) is 12.9 Å². The molecule has 0 aliphatic rings. The smallest absolute Gasteiger partial charge is 0.195 e. The standard InChI is InChI=1S/C12H12O3/c1-7-10-6-9(14-3)4-5-11(10)15-12(7)8(2)13/h4-6H,1-3H3. The van der Waals surface area contributed by atoms with Crippen LogP contribution in [0.4, 0.5) is 0 Å². The number of hydrogen-bond donors (Lipinski definition) is 0. The molecule has 1 heterocycles. The summed E-state index contributed by atoms with van der Waals surface area (Å²) < 4.78 is 10.6. The van der Waals surface area contributed by atoms with E-state index in [2.05, 4.69) is 0 Å². The summed E-state index contributed by atoms with van der Waals surface area (Å²) in [5.41, 5.74) is 1.59. The second kappa shape index (κ2) is 3.42. The maximum Gasteiger partial charge on any atom is 0.195 e. The summed E-state index contributed by atoms with van der Waals surface area (Å²) in [6, 6.07) is 5.50. The highest BCUT2D eigenvalue weighted by atomic mass is 16.5. The van der Waals surface area contributed by atoms with E-state index in [1.54, 1.807) is 7.11 Å². The van der Waals surface area contributed by atoms with E-state index in [-0.39, 0.29) is 5.78 Å². The Morgan fingerprint density at radius 3 is 2.73 bits per heavy atom. The lowest BCUT2D eigenvalue weighted by atomic mass is 10.1. The first kappa shape index (κ1) is 9.77. The molecule has 3 nitrogen and oxygen atoms in total. The minimum absolute atomic E-state index is 0.0531. The number of methoxy groups -OCH3 is 1. The molecule has 0 radical (unpaired) electrons. The Hall–Kier alpha value is -1.77. The summed E-state index contributed by atoms with van der Waals surface area (Å²) in [5, 5.41) is 0.930. The second-order valence-corrected chi connectivity index (χ2v) is 3.47. The van der Waals surface area contributed by atoms with Gasteiger partial charge in [0.2, 0.25) is 0 Å². The zero-order valence-electron chi connectivity index (χ0n) is 8.96. The van der Waals surface area contributed by atoms with Gasteiger partial charge in [0.15, 0.2) is 11.5 Å². The van der Waals surface area contributed by atoms with Crippen molar-refractivity contribution in [2.75, 3.05) is 7.11 Å². The van der Waals surface area contributed by atoms with Gasteiger partial charge in [-0.3, -0.25) is 4.79 Å². The number of carbonyl (C=O) groups is 1. The van der Waals surface area contributed by atoms with Gasteiger partial charge in [-0.15, -0.1) is 0 Å². The number of hydrogen-bond acceptors (Lipinski definition) is 3. The molecule has 0 spiro atoms. The molecule has 0 bridgehead atoms. The number of aryl methyl sites for hydroxylation is 1. The fourth-order valence-corrected chi connectivity index (χ4v) is 1.66. The molecule has 0 amide bonds. The highest BCUT2D eigenvalue weighted by molar-refractivity contribution is 5.99. The molecule has 0 fully saturated rings. The van der Waals surface area contributed by atoms with Crippen LogP contribution in [0.25, 0.3) is 11.0 Å². The fourth-order valence-electron chi connectivity index (χ4n) is 1.66. The highest BCUT2D eigenvalue weighted by Gasteiger charge is 2.14. The third kappa shape index (κ3) is 1.50. The van der Waals surface area contributed by atoms with E-state index in [4.69, 9.17) is 9.15 Å². The van der Waals surface area contributed by atoms with Crippen LogP contribution in [-0.2, 0) is 0 Å². The van der Waals surface area contributed by atoms with Crippen molar-refractivity contribution in [3.8, 4) is 5.75 Å². The molecule has 1 aromatic heterocycles. The topological polar surface area (TPSA) is 39.4 Å². The summed E-state index contributed by atoms with van der Waals surface area (Å²) in [6.45, 7) is 3.38. The third-order valence-corrected chi connectivity index (χ3v) is 2.46. The lowest BCUT2D eigenvalue weighted by molar-refractivity contribution is 0.0988. The Labute approximate surface area is 87.6 Å². The molecular weight excluding hydrogens is 192 g/mol. The molecular formula is C12H12O3. The van der Waals surface area contributed by atoms with Crippen LogP contribution in [0.15, 0.2) is 22.6 Å². The number of carbonyl (C=O) groups excluding carboxylic acids is 1. The first-order chi connectivity index (χ1) is 7.13. The van der Waals surface area contributed by atoms with E-state index >= 15 is 0 Å². The molecule has 78 valence electrons. The zero-order valence-corrected chi connectivity index (χ0v) is 8.96. The molecule has 0 unspecified atom stereocenters.